The Morgan fingerprint density at radius 2 is 1.79 bits per heavy atom. The molecular weight excluding hydrogens is 241 g/mol. The van der Waals surface area contributed by atoms with Gasteiger partial charge >= 0.3 is 0 Å². The van der Waals surface area contributed by atoms with Crippen LogP contribution in [0.2, 0.25) is 0 Å². The Bertz CT molecular complexity index is 537. The highest BCUT2D eigenvalue weighted by atomic mass is 19.1. The van der Waals surface area contributed by atoms with Crippen molar-refractivity contribution in [2.45, 2.75) is 19.8 Å². The standard InChI is InChI=1S/C16H18FNO/c1-11(2)15(12-6-8-13(17)9-7-12)14-5-4-10-18-16(14)19-3/h4-11,15H,1-3H3. The zero-order valence-corrected chi connectivity index (χ0v) is 11.4. The first kappa shape index (κ1) is 13.5. The van der Waals surface area contributed by atoms with Crippen LogP contribution in [-0.2, 0) is 0 Å². The van der Waals surface area contributed by atoms with E-state index in [0.29, 0.717) is 11.8 Å². The lowest BCUT2D eigenvalue weighted by Crippen LogP contribution is -2.10. The number of hydrogen-bond donors (Lipinski definition) is 0. The van der Waals surface area contributed by atoms with Gasteiger partial charge in [0.2, 0.25) is 5.88 Å². The van der Waals surface area contributed by atoms with Crippen LogP contribution in [0.15, 0.2) is 42.6 Å². The van der Waals surface area contributed by atoms with Crippen LogP contribution in [0.3, 0.4) is 0 Å². The summed E-state index contributed by atoms with van der Waals surface area (Å²) >= 11 is 0. The fourth-order valence-corrected chi connectivity index (χ4v) is 2.40. The summed E-state index contributed by atoms with van der Waals surface area (Å²) in [5.41, 5.74) is 2.11. The summed E-state index contributed by atoms with van der Waals surface area (Å²) in [4.78, 5) is 4.25. The quantitative estimate of drug-likeness (QED) is 0.827. The molecule has 0 aliphatic heterocycles. The lowest BCUT2D eigenvalue weighted by molar-refractivity contribution is 0.385. The van der Waals surface area contributed by atoms with Gasteiger partial charge in [0.1, 0.15) is 5.82 Å². The molecule has 1 heterocycles. The molecule has 100 valence electrons. The number of aromatic nitrogens is 1. The second-order valence-corrected chi connectivity index (χ2v) is 4.88. The predicted molar refractivity (Wildman–Crippen MR) is 73.9 cm³/mol. The Balaban J connectivity index is 2.48. The van der Waals surface area contributed by atoms with Gasteiger partial charge in [0.15, 0.2) is 0 Å². The van der Waals surface area contributed by atoms with Crippen molar-refractivity contribution < 1.29 is 9.13 Å². The largest absolute Gasteiger partial charge is 0.481 e. The van der Waals surface area contributed by atoms with Crippen LogP contribution in [0.25, 0.3) is 0 Å². The fourth-order valence-electron chi connectivity index (χ4n) is 2.40. The zero-order chi connectivity index (χ0) is 13.8. The van der Waals surface area contributed by atoms with Crippen LogP contribution in [-0.4, -0.2) is 12.1 Å². The number of halogens is 1. The number of nitrogens with zero attached hydrogens (tertiary/aromatic N) is 1. The van der Waals surface area contributed by atoms with Crippen molar-refractivity contribution in [3.8, 4) is 5.88 Å². The molecule has 0 spiro atoms. The van der Waals surface area contributed by atoms with Crippen LogP contribution < -0.4 is 4.74 Å². The summed E-state index contributed by atoms with van der Waals surface area (Å²) in [6.45, 7) is 4.28. The second-order valence-electron chi connectivity index (χ2n) is 4.88. The lowest BCUT2D eigenvalue weighted by Gasteiger charge is -2.23. The van der Waals surface area contributed by atoms with E-state index in [1.807, 2.05) is 24.3 Å². The number of pyridine rings is 1. The van der Waals surface area contributed by atoms with Crippen molar-refractivity contribution in [3.63, 3.8) is 0 Å². The Labute approximate surface area is 113 Å². The molecule has 3 heteroatoms. The summed E-state index contributed by atoms with van der Waals surface area (Å²) < 4.78 is 18.4. The van der Waals surface area contributed by atoms with Crippen molar-refractivity contribution in [2.75, 3.05) is 7.11 Å². The third kappa shape index (κ3) is 2.92. The number of benzene rings is 1. The first-order valence-electron chi connectivity index (χ1n) is 6.38. The molecule has 0 fully saturated rings. The van der Waals surface area contributed by atoms with Crippen molar-refractivity contribution in [1.82, 2.24) is 4.98 Å². The molecule has 0 radical (unpaired) electrons. The van der Waals surface area contributed by atoms with Crippen molar-refractivity contribution in [2.24, 2.45) is 5.92 Å². The van der Waals surface area contributed by atoms with Gasteiger partial charge in [0.25, 0.3) is 0 Å². The highest BCUT2D eigenvalue weighted by molar-refractivity contribution is 5.38. The summed E-state index contributed by atoms with van der Waals surface area (Å²) in [5, 5.41) is 0. The smallest absolute Gasteiger partial charge is 0.216 e. The average Bonchev–Trinajstić information content (AvgIpc) is 2.41. The van der Waals surface area contributed by atoms with E-state index in [0.717, 1.165) is 11.1 Å². The van der Waals surface area contributed by atoms with E-state index in [9.17, 15) is 4.39 Å². The van der Waals surface area contributed by atoms with E-state index < -0.39 is 0 Å². The van der Waals surface area contributed by atoms with Gasteiger partial charge in [-0.15, -0.1) is 0 Å². The highest BCUT2D eigenvalue weighted by Gasteiger charge is 2.22. The van der Waals surface area contributed by atoms with Gasteiger partial charge < -0.3 is 4.74 Å². The van der Waals surface area contributed by atoms with Crippen molar-refractivity contribution >= 4 is 0 Å². The summed E-state index contributed by atoms with van der Waals surface area (Å²) in [6.07, 6.45) is 1.71. The molecule has 0 N–H and O–H groups in total. The van der Waals surface area contributed by atoms with E-state index in [4.69, 9.17) is 4.74 Å². The molecule has 0 saturated heterocycles. The second kappa shape index (κ2) is 5.83. The highest BCUT2D eigenvalue weighted by Crippen LogP contribution is 2.35. The van der Waals surface area contributed by atoms with E-state index in [2.05, 4.69) is 18.8 Å². The Morgan fingerprint density at radius 1 is 1.11 bits per heavy atom. The summed E-state index contributed by atoms with van der Waals surface area (Å²) in [6, 6.07) is 10.6. The maximum atomic E-state index is 13.1. The van der Waals surface area contributed by atoms with E-state index in [-0.39, 0.29) is 11.7 Å². The normalized spacial score (nSPS) is 12.5. The summed E-state index contributed by atoms with van der Waals surface area (Å²) in [5.74, 6) is 0.919. The monoisotopic (exact) mass is 259 g/mol. The van der Waals surface area contributed by atoms with Crippen LogP contribution in [0.1, 0.15) is 30.9 Å². The van der Waals surface area contributed by atoms with E-state index >= 15 is 0 Å². The third-order valence-corrected chi connectivity index (χ3v) is 3.22. The number of ether oxygens (including phenoxy) is 1. The molecule has 2 nitrogen and oxygen atoms in total. The van der Waals surface area contributed by atoms with Crippen LogP contribution in [0.5, 0.6) is 5.88 Å². The van der Waals surface area contributed by atoms with Crippen molar-refractivity contribution in [1.29, 1.82) is 0 Å². The molecule has 0 aliphatic rings. The maximum Gasteiger partial charge on any atom is 0.216 e. The van der Waals surface area contributed by atoms with Crippen molar-refractivity contribution in [3.05, 3.63) is 59.5 Å². The van der Waals surface area contributed by atoms with Gasteiger partial charge in [-0.25, -0.2) is 9.37 Å². The average molecular weight is 259 g/mol. The van der Waals surface area contributed by atoms with Crippen LogP contribution in [0.4, 0.5) is 4.39 Å². The third-order valence-electron chi connectivity index (χ3n) is 3.22. The van der Waals surface area contributed by atoms with Gasteiger partial charge in [-0.2, -0.15) is 0 Å². The SMILES string of the molecule is COc1ncccc1C(c1ccc(F)cc1)C(C)C. The van der Waals surface area contributed by atoms with Crippen LogP contribution >= 0.6 is 0 Å². The number of rotatable bonds is 4. The van der Waals surface area contributed by atoms with Crippen LogP contribution in [0, 0.1) is 11.7 Å². The Hall–Kier alpha value is -1.90. The van der Waals surface area contributed by atoms with Gasteiger partial charge in [-0.1, -0.05) is 32.0 Å². The van der Waals surface area contributed by atoms with Gasteiger partial charge in [0, 0.05) is 17.7 Å². The number of hydrogen-bond acceptors (Lipinski definition) is 2. The van der Waals surface area contributed by atoms with Gasteiger partial charge in [-0.05, 0) is 29.7 Å². The van der Waals surface area contributed by atoms with Gasteiger partial charge in [-0.3, -0.25) is 0 Å². The first-order chi connectivity index (χ1) is 9.13. The lowest BCUT2D eigenvalue weighted by atomic mass is 9.83. The molecule has 0 aliphatic carbocycles. The first-order valence-corrected chi connectivity index (χ1v) is 6.38. The summed E-state index contributed by atoms with van der Waals surface area (Å²) in [7, 11) is 1.62. The van der Waals surface area contributed by atoms with Gasteiger partial charge in [0.05, 0.1) is 7.11 Å². The molecule has 0 amide bonds. The fraction of sp³-hybridized carbons (Fsp3) is 0.312. The molecule has 2 rings (SSSR count). The molecule has 1 atom stereocenters. The molecule has 1 unspecified atom stereocenters. The van der Waals surface area contributed by atoms with E-state index in [1.54, 1.807) is 13.3 Å². The molecule has 1 aromatic heterocycles. The minimum Gasteiger partial charge on any atom is -0.481 e. The predicted octanol–water partition coefficient (Wildman–Crippen LogP) is 4.02. The molecule has 19 heavy (non-hydrogen) atoms. The van der Waals surface area contributed by atoms with E-state index in [1.165, 1.54) is 12.1 Å². The molecule has 2 aromatic rings. The molecule has 1 aromatic carbocycles. The molecular formula is C16H18FNO. The minimum atomic E-state index is -0.218. The Morgan fingerprint density at radius 3 is 2.37 bits per heavy atom. The maximum absolute atomic E-state index is 13.1. The molecule has 0 saturated carbocycles. The Kier molecular flexibility index (Phi) is 4.15. The molecule has 0 bridgehead atoms. The zero-order valence-electron chi connectivity index (χ0n) is 11.4. The topological polar surface area (TPSA) is 22.1 Å². The minimum absolute atomic E-state index is 0.143. The number of methoxy groups -OCH3 is 1.